The van der Waals surface area contributed by atoms with Crippen LogP contribution in [0.3, 0.4) is 0 Å². The summed E-state index contributed by atoms with van der Waals surface area (Å²) < 4.78 is 0. The molecule has 2 N–H and O–H groups in total. The average molecular weight is 400 g/mol. The summed E-state index contributed by atoms with van der Waals surface area (Å²) in [5, 5.41) is 6.17. The van der Waals surface area contributed by atoms with Gasteiger partial charge in [-0.05, 0) is 29.3 Å². The van der Waals surface area contributed by atoms with Crippen LogP contribution < -0.4 is 10.6 Å². The summed E-state index contributed by atoms with van der Waals surface area (Å²) >= 11 is 0. The second-order valence-electron chi connectivity index (χ2n) is 7.25. The highest BCUT2D eigenvalue weighted by Gasteiger charge is 2.17. The molecule has 3 aromatic rings. The fraction of sp³-hybridized carbons (Fsp3) is 0.208. The number of carbonyl (C=O) groups excluding carboxylic acids is 2. The maximum absolute atomic E-state index is 12.6. The molecule has 152 valence electrons. The molecule has 4 rings (SSSR count). The Morgan fingerprint density at radius 3 is 2.37 bits per heavy atom. The van der Waals surface area contributed by atoms with Gasteiger partial charge in [0.25, 0.3) is 11.8 Å². The number of nitrogens with zero attached hydrogens (tertiary/aromatic N) is 2. The number of benzene rings is 2. The minimum atomic E-state index is -0.168. The van der Waals surface area contributed by atoms with E-state index in [2.05, 4.69) is 15.6 Å². The highest BCUT2D eigenvalue weighted by Crippen LogP contribution is 2.21. The highest BCUT2D eigenvalue weighted by atomic mass is 16.2. The third kappa shape index (κ3) is 4.72. The smallest absolute Gasteiger partial charge is 0.253 e. The van der Waals surface area contributed by atoms with Gasteiger partial charge < -0.3 is 15.5 Å². The number of piperazine rings is 1. The summed E-state index contributed by atoms with van der Waals surface area (Å²) in [5.41, 5.74) is 3.97. The molecule has 0 radical (unpaired) electrons. The van der Waals surface area contributed by atoms with Crippen LogP contribution in [0.15, 0.2) is 73.1 Å². The number of hydrogen-bond acceptors (Lipinski definition) is 4. The third-order valence-corrected chi connectivity index (χ3v) is 5.17. The van der Waals surface area contributed by atoms with Crippen LogP contribution in [-0.2, 0) is 6.54 Å². The van der Waals surface area contributed by atoms with Crippen molar-refractivity contribution in [3.63, 3.8) is 0 Å². The number of amides is 2. The first-order valence-corrected chi connectivity index (χ1v) is 10.1. The second-order valence-corrected chi connectivity index (χ2v) is 7.25. The molecule has 0 bridgehead atoms. The van der Waals surface area contributed by atoms with Crippen molar-refractivity contribution in [3.8, 4) is 11.1 Å². The van der Waals surface area contributed by atoms with Gasteiger partial charge in [0, 0.05) is 56.2 Å². The molecule has 1 aliphatic rings. The predicted molar refractivity (Wildman–Crippen MR) is 116 cm³/mol. The molecule has 2 amide bonds. The van der Waals surface area contributed by atoms with Gasteiger partial charge in [0.1, 0.15) is 0 Å². The van der Waals surface area contributed by atoms with Crippen LogP contribution in [0.5, 0.6) is 0 Å². The molecule has 2 aromatic carbocycles. The quantitative estimate of drug-likeness (QED) is 0.691. The molecule has 0 atom stereocenters. The van der Waals surface area contributed by atoms with Gasteiger partial charge >= 0.3 is 0 Å². The summed E-state index contributed by atoms with van der Waals surface area (Å²) in [6.45, 7) is 3.57. The maximum Gasteiger partial charge on any atom is 0.253 e. The first kappa shape index (κ1) is 19.8. The molecule has 6 heteroatoms. The molecule has 0 saturated carbocycles. The topological polar surface area (TPSA) is 74.3 Å². The molecular weight excluding hydrogens is 376 g/mol. The van der Waals surface area contributed by atoms with Crippen molar-refractivity contribution < 1.29 is 9.59 Å². The molecular formula is C24H24N4O2. The summed E-state index contributed by atoms with van der Waals surface area (Å²) in [4.78, 5) is 31.2. The van der Waals surface area contributed by atoms with E-state index < -0.39 is 0 Å². The standard InChI is InChI=1S/C24H24N4O2/c29-23(27-15-18-4-2-1-3-5-18)22-14-21(16-26-17-22)19-6-8-20(9-7-19)24(30)28-12-10-25-11-13-28/h1-9,14,16-17,25H,10-13,15H2,(H,27,29). The van der Waals surface area contributed by atoms with E-state index in [0.717, 1.165) is 42.9 Å². The maximum atomic E-state index is 12.6. The minimum Gasteiger partial charge on any atom is -0.348 e. The molecule has 0 aliphatic carbocycles. The van der Waals surface area contributed by atoms with Gasteiger partial charge in [0.05, 0.1) is 5.56 Å². The number of rotatable bonds is 5. The van der Waals surface area contributed by atoms with Crippen molar-refractivity contribution in [2.24, 2.45) is 0 Å². The summed E-state index contributed by atoms with van der Waals surface area (Å²) in [6.07, 6.45) is 3.28. The lowest BCUT2D eigenvalue weighted by Gasteiger charge is -2.27. The van der Waals surface area contributed by atoms with Crippen molar-refractivity contribution in [1.29, 1.82) is 0 Å². The molecule has 30 heavy (non-hydrogen) atoms. The highest BCUT2D eigenvalue weighted by molar-refractivity contribution is 5.96. The van der Waals surface area contributed by atoms with Gasteiger partial charge in [-0.15, -0.1) is 0 Å². The third-order valence-electron chi connectivity index (χ3n) is 5.17. The fourth-order valence-electron chi connectivity index (χ4n) is 3.46. The van der Waals surface area contributed by atoms with Crippen molar-refractivity contribution >= 4 is 11.8 Å². The fourth-order valence-corrected chi connectivity index (χ4v) is 3.46. The van der Waals surface area contributed by atoms with Crippen LogP contribution in [0.1, 0.15) is 26.3 Å². The monoisotopic (exact) mass is 400 g/mol. The van der Waals surface area contributed by atoms with Crippen molar-refractivity contribution in [2.45, 2.75) is 6.54 Å². The zero-order valence-corrected chi connectivity index (χ0v) is 16.7. The Bertz CT molecular complexity index is 1010. The molecule has 6 nitrogen and oxygen atoms in total. The zero-order valence-electron chi connectivity index (χ0n) is 16.7. The summed E-state index contributed by atoms with van der Waals surface area (Å²) in [6, 6.07) is 19.1. The number of carbonyl (C=O) groups is 2. The van der Waals surface area contributed by atoms with Crippen LogP contribution in [0.4, 0.5) is 0 Å². The van der Waals surface area contributed by atoms with E-state index in [9.17, 15) is 9.59 Å². The number of nitrogens with one attached hydrogen (secondary N) is 2. The largest absolute Gasteiger partial charge is 0.348 e. The van der Waals surface area contributed by atoms with Gasteiger partial charge in [-0.1, -0.05) is 42.5 Å². The zero-order chi connectivity index (χ0) is 20.8. The summed E-state index contributed by atoms with van der Waals surface area (Å²) in [5.74, 6) is -0.117. The molecule has 0 unspecified atom stereocenters. The van der Waals surface area contributed by atoms with E-state index in [4.69, 9.17) is 0 Å². The Morgan fingerprint density at radius 2 is 1.63 bits per heavy atom. The van der Waals surface area contributed by atoms with Crippen LogP contribution in [-0.4, -0.2) is 47.9 Å². The van der Waals surface area contributed by atoms with Crippen LogP contribution in [0, 0.1) is 0 Å². The Balaban J connectivity index is 1.44. The minimum absolute atomic E-state index is 0.0511. The Kier molecular flexibility index (Phi) is 6.15. The van der Waals surface area contributed by atoms with Gasteiger partial charge in [0.2, 0.25) is 0 Å². The van der Waals surface area contributed by atoms with Crippen molar-refractivity contribution in [1.82, 2.24) is 20.5 Å². The van der Waals surface area contributed by atoms with Gasteiger partial charge in [-0.25, -0.2) is 0 Å². The van der Waals surface area contributed by atoms with E-state index in [1.165, 1.54) is 0 Å². The average Bonchev–Trinajstić information content (AvgIpc) is 2.83. The van der Waals surface area contributed by atoms with E-state index in [0.29, 0.717) is 17.7 Å². The van der Waals surface area contributed by atoms with E-state index in [1.54, 1.807) is 12.4 Å². The van der Waals surface area contributed by atoms with Gasteiger partial charge in [-0.3, -0.25) is 14.6 Å². The number of aromatic nitrogens is 1. The molecule has 1 saturated heterocycles. The van der Waals surface area contributed by atoms with Crippen LogP contribution in [0.2, 0.25) is 0 Å². The molecule has 0 spiro atoms. The van der Waals surface area contributed by atoms with Crippen molar-refractivity contribution in [2.75, 3.05) is 26.2 Å². The lowest BCUT2D eigenvalue weighted by molar-refractivity contribution is 0.0735. The first-order valence-electron chi connectivity index (χ1n) is 10.1. The number of hydrogen-bond donors (Lipinski definition) is 2. The van der Waals surface area contributed by atoms with Gasteiger partial charge in [-0.2, -0.15) is 0 Å². The molecule has 1 aromatic heterocycles. The van der Waals surface area contributed by atoms with E-state index >= 15 is 0 Å². The normalized spacial score (nSPS) is 13.7. The molecule has 1 aliphatic heterocycles. The SMILES string of the molecule is O=C(NCc1ccccc1)c1cncc(-c2ccc(C(=O)N3CCNCC3)cc2)c1. The predicted octanol–water partition coefficient (Wildman–Crippen LogP) is 2.72. The Hall–Kier alpha value is -3.51. The Labute approximate surface area is 175 Å². The summed E-state index contributed by atoms with van der Waals surface area (Å²) in [7, 11) is 0. The van der Waals surface area contributed by atoms with Crippen LogP contribution >= 0.6 is 0 Å². The van der Waals surface area contributed by atoms with E-state index in [1.807, 2.05) is 65.6 Å². The lowest BCUT2D eigenvalue weighted by Crippen LogP contribution is -2.46. The number of pyridine rings is 1. The second kappa shape index (κ2) is 9.33. The first-order chi connectivity index (χ1) is 14.7. The van der Waals surface area contributed by atoms with Crippen molar-refractivity contribution in [3.05, 3.63) is 89.7 Å². The molecule has 1 fully saturated rings. The lowest BCUT2D eigenvalue weighted by atomic mass is 10.0. The van der Waals surface area contributed by atoms with Gasteiger partial charge in [0.15, 0.2) is 0 Å². The van der Waals surface area contributed by atoms with Crippen LogP contribution in [0.25, 0.3) is 11.1 Å². The van der Waals surface area contributed by atoms with E-state index in [-0.39, 0.29) is 11.8 Å². The molecule has 2 heterocycles. The Morgan fingerprint density at radius 1 is 0.900 bits per heavy atom.